The maximum Gasteiger partial charge on any atom is 0.239 e. The number of nitrogens with zero attached hydrogens (tertiary/aromatic N) is 1. The Morgan fingerprint density at radius 1 is 1.50 bits per heavy atom. The smallest absolute Gasteiger partial charge is 0.239 e. The van der Waals surface area contributed by atoms with Gasteiger partial charge in [-0.2, -0.15) is 0 Å². The van der Waals surface area contributed by atoms with E-state index in [0.717, 1.165) is 5.56 Å². The van der Waals surface area contributed by atoms with Gasteiger partial charge in [-0.1, -0.05) is 30.7 Å². The topological polar surface area (TPSA) is 55.6 Å². The molecule has 4 nitrogen and oxygen atoms in total. The lowest BCUT2D eigenvalue weighted by Crippen LogP contribution is -2.49. The van der Waals surface area contributed by atoms with E-state index < -0.39 is 6.04 Å². The van der Waals surface area contributed by atoms with Crippen molar-refractivity contribution in [3.63, 3.8) is 0 Å². The Bertz CT molecular complexity index is 439. The van der Waals surface area contributed by atoms with Crippen LogP contribution in [0.4, 0.5) is 0 Å². The molecule has 1 unspecified atom stereocenters. The average Bonchev–Trinajstić information content (AvgIpc) is 2.46. The second-order valence-corrected chi connectivity index (χ2v) is 5.15. The van der Waals surface area contributed by atoms with Crippen molar-refractivity contribution < 1.29 is 9.53 Å². The van der Waals surface area contributed by atoms with Crippen LogP contribution in [0.15, 0.2) is 24.3 Å². The number of halogens is 2. The van der Waals surface area contributed by atoms with Gasteiger partial charge in [-0.3, -0.25) is 4.79 Å². The Morgan fingerprint density at radius 3 is 2.75 bits per heavy atom. The third-order valence-electron chi connectivity index (χ3n) is 3.38. The molecule has 0 radical (unpaired) electrons. The van der Waals surface area contributed by atoms with Gasteiger partial charge in [0.15, 0.2) is 0 Å². The summed E-state index contributed by atoms with van der Waals surface area (Å²) >= 11 is 5.87. The fourth-order valence-corrected chi connectivity index (χ4v) is 2.26. The van der Waals surface area contributed by atoms with Crippen LogP contribution < -0.4 is 5.73 Å². The van der Waals surface area contributed by atoms with E-state index in [4.69, 9.17) is 22.1 Å². The van der Waals surface area contributed by atoms with E-state index in [1.807, 2.05) is 31.2 Å². The number of ether oxygens (including phenoxy) is 1. The first kappa shape index (κ1) is 17.2. The van der Waals surface area contributed by atoms with Crippen molar-refractivity contribution in [3.8, 4) is 0 Å². The zero-order valence-electron chi connectivity index (χ0n) is 11.4. The lowest BCUT2D eigenvalue weighted by molar-refractivity contribution is -0.140. The molecule has 0 saturated carbocycles. The third kappa shape index (κ3) is 4.09. The Balaban J connectivity index is 0.00000200. The molecule has 1 amide bonds. The predicted molar refractivity (Wildman–Crippen MR) is 82.2 cm³/mol. The molecule has 0 aliphatic carbocycles. The van der Waals surface area contributed by atoms with E-state index in [9.17, 15) is 4.79 Å². The van der Waals surface area contributed by atoms with Crippen molar-refractivity contribution in [2.75, 3.05) is 19.7 Å². The minimum atomic E-state index is -0.413. The summed E-state index contributed by atoms with van der Waals surface area (Å²) in [5, 5.41) is 0.695. The van der Waals surface area contributed by atoms with Crippen molar-refractivity contribution in [2.24, 2.45) is 5.73 Å². The van der Waals surface area contributed by atoms with Crippen LogP contribution in [-0.2, 0) is 9.53 Å². The first-order chi connectivity index (χ1) is 9.11. The molecule has 20 heavy (non-hydrogen) atoms. The normalized spacial score (nSPS) is 20.1. The number of carbonyl (C=O) groups excluding carboxylic acids is 1. The van der Waals surface area contributed by atoms with Crippen molar-refractivity contribution in [1.82, 2.24) is 4.90 Å². The Morgan fingerprint density at radius 2 is 2.15 bits per heavy atom. The van der Waals surface area contributed by atoms with E-state index in [1.165, 1.54) is 0 Å². The number of benzene rings is 1. The van der Waals surface area contributed by atoms with Crippen molar-refractivity contribution in [3.05, 3.63) is 34.9 Å². The number of rotatable bonds is 3. The average molecular weight is 319 g/mol. The molecule has 1 aliphatic heterocycles. The predicted octanol–water partition coefficient (Wildman–Crippen LogP) is 2.40. The summed E-state index contributed by atoms with van der Waals surface area (Å²) in [6, 6.07) is 7.11. The maximum atomic E-state index is 12.1. The first-order valence-electron chi connectivity index (χ1n) is 6.53. The SMILES string of the molecule is CC[C@H](N)C(=O)N1CCOC(c2ccc(Cl)cc2)C1.Cl. The number of carbonyl (C=O) groups is 1. The third-order valence-corrected chi connectivity index (χ3v) is 3.63. The molecule has 1 aromatic carbocycles. The molecule has 2 rings (SSSR count). The summed E-state index contributed by atoms with van der Waals surface area (Å²) < 4.78 is 5.72. The van der Waals surface area contributed by atoms with Gasteiger partial charge >= 0.3 is 0 Å². The van der Waals surface area contributed by atoms with E-state index in [1.54, 1.807) is 4.90 Å². The van der Waals surface area contributed by atoms with Crippen LogP contribution >= 0.6 is 24.0 Å². The molecule has 0 aromatic heterocycles. The molecule has 112 valence electrons. The van der Waals surface area contributed by atoms with Gasteiger partial charge in [-0.25, -0.2) is 0 Å². The molecule has 1 aliphatic rings. The second-order valence-electron chi connectivity index (χ2n) is 4.71. The summed E-state index contributed by atoms with van der Waals surface area (Å²) in [5.41, 5.74) is 6.84. The fourth-order valence-electron chi connectivity index (χ4n) is 2.14. The summed E-state index contributed by atoms with van der Waals surface area (Å²) in [6.07, 6.45) is 0.556. The fraction of sp³-hybridized carbons (Fsp3) is 0.500. The number of hydrogen-bond acceptors (Lipinski definition) is 3. The van der Waals surface area contributed by atoms with Gasteiger partial charge in [0.1, 0.15) is 6.10 Å². The lowest BCUT2D eigenvalue weighted by atomic mass is 10.1. The molecule has 0 bridgehead atoms. The number of nitrogens with two attached hydrogens (primary N) is 1. The summed E-state index contributed by atoms with van der Waals surface area (Å²) in [4.78, 5) is 13.9. The van der Waals surface area contributed by atoms with E-state index in [-0.39, 0.29) is 24.4 Å². The lowest BCUT2D eigenvalue weighted by Gasteiger charge is -2.34. The van der Waals surface area contributed by atoms with Crippen LogP contribution in [-0.4, -0.2) is 36.5 Å². The van der Waals surface area contributed by atoms with Gasteiger partial charge in [0, 0.05) is 11.6 Å². The Hall–Kier alpha value is -0.810. The molecule has 1 saturated heterocycles. The zero-order valence-corrected chi connectivity index (χ0v) is 13.0. The van der Waals surface area contributed by atoms with E-state index in [2.05, 4.69) is 0 Å². The van der Waals surface area contributed by atoms with Crippen LogP contribution in [0.3, 0.4) is 0 Å². The first-order valence-corrected chi connectivity index (χ1v) is 6.91. The van der Waals surface area contributed by atoms with Gasteiger partial charge in [-0.05, 0) is 24.1 Å². The van der Waals surface area contributed by atoms with Crippen LogP contribution in [0.2, 0.25) is 5.02 Å². The van der Waals surface area contributed by atoms with Gasteiger partial charge in [-0.15, -0.1) is 12.4 Å². The van der Waals surface area contributed by atoms with Crippen LogP contribution in [0.25, 0.3) is 0 Å². The molecule has 2 atom stereocenters. The second kappa shape index (κ2) is 7.84. The summed E-state index contributed by atoms with van der Waals surface area (Å²) in [6.45, 7) is 3.61. The van der Waals surface area contributed by atoms with E-state index >= 15 is 0 Å². The number of morpholine rings is 1. The Kier molecular flexibility index (Phi) is 6.76. The molecule has 1 aromatic rings. The summed E-state index contributed by atoms with van der Waals surface area (Å²) in [5.74, 6) is 0.00441. The van der Waals surface area contributed by atoms with Gasteiger partial charge in [0.2, 0.25) is 5.91 Å². The monoisotopic (exact) mass is 318 g/mol. The molecule has 0 spiro atoms. The largest absolute Gasteiger partial charge is 0.370 e. The minimum absolute atomic E-state index is 0. The van der Waals surface area contributed by atoms with Gasteiger partial charge < -0.3 is 15.4 Å². The molecule has 2 N–H and O–H groups in total. The van der Waals surface area contributed by atoms with Crippen molar-refractivity contribution >= 4 is 29.9 Å². The highest BCUT2D eigenvalue weighted by Gasteiger charge is 2.27. The highest BCUT2D eigenvalue weighted by molar-refractivity contribution is 6.30. The maximum absolute atomic E-state index is 12.1. The van der Waals surface area contributed by atoms with Crippen LogP contribution in [0, 0.1) is 0 Å². The zero-order chi connectivity index (χ0) is 13.8. The highest BCUT2D eigenvalue weighted by atomic mass is 35.5. The van der Waals surface area contributed by atoms with E-state index in [0.29, 0.717) is 31.1 Å². The molecule has 1 fully saturated rings. The van der Waals surface area contributed by atoms with Gasteiger partial charge in [0.05, 0.1) is 19.2 Å². The Labute approximate surface area is 130 Å². The van der Waals surface area contributed by atoms with Crippen LogP contribution in [0.5, 0.6) is 0 Å². The molecular weight excluding hydrogens is 299 g/mol. The molecular formula is C14H20Cl2N2O2. The van der Waals surface area contributed by atoms with Crippen molar-refractivity contribution in [2.45, 2.75) is 25.5 Å². The van der Waals surface area contributed by atoms with Gasteiger partial charge in [0.25, 0.3) is 0 Å². The van der Waals surface area contributed by atoms with Crippen molar-refractivity contribution in [1.29, 1.82) is 0 Å². The molecule has 1 heterocycles. The summed E-state index contributed by atoms with van der Waals surface area (Å²) in [7, 11) is 0. The van der Waals surface area contributed by atoms with Crippen LogP contribution in [0.1, 0.15) is 25.0 Å². The standard InChI is InChI=1S/C14H19ClN2O2.ClH/c1-2-12(16)14(18)17-7-8-19-13(9-17)10-3-5-11(15)6-4-10;/h3-6,12-13H,2,7-9,16H2,1H3;1H/t12-,13?;/m0./s1. The molecule has 6 heteroatoms. The quantitative estimate of drug-likeness (QED) is 0.931. The number of amides is 1. The minimum Gasteiger partial charge on any atom is -0.370 e. The highest BCUT2D eigenvalue weighted by Crippen LogP contribution is 2.24. The number of hydrogen-bond donors (Lipinski definition) is 1.